The first-order chi connectivity index (χ1) is 12.3. The molecule has 1 saturated carbocycles. The second-order valence-corrected chi connectivity index (χ2v) is 9.36. The highest BCUT2D eigenvalue weighted by atomic mass is 32.1. The molecule has 2 nitrogen and oxygen atoms in total. The van der Waals surface area contributed by atoms with Crippen molar-refractivity contribution in [2.45, 2.75) is 76.8 Å². The van der Waals surface area contributed by atoms with Crippen LogP contribution in [-0.2, 0) is 6.42 Å². The van der Waals surface area contributed by atoms with E-state index in [4.69, 9.17) is 10.7 Å². The summed E-state index contributed by atoms with van der Waals surface area (Å²) in [7, 11) is 0. The van der Waals surface area contributed by atoms with Gasteiger partial charge in [-0.05, 0) is 49.9 Å². The van der Waals surface area contributed by atoms with Gasteiger partial charge in [-0.15, -0.1) is 22.7 Å². The maximum atomic E-state index is 6.19. The van der Waals surface area contributed by atoms with E-state index in [2.05, 4.69) is 31.2 Å². The van der Waals surface area contributed by atoms with E-state index in [1.807, 2.05) is 28.9 Å². The van der Waals surface area contributed by atoms with E-state index in [9.17, 15) is 0 Å². The first-order valence-electron chi connectivity index (χ1n) is 9.74. The first-order valence-corrected chi connectivity index (χ1v) is 11.4. The fourth-order valence-electron chi connectivity index (χ4n) is 3.42. The largest absolute Gasteiger partial charge is 0.326 e. The van der Waals surface area contributed by atoms with Gasteiger partial charge in [0.1, 0.15) is 0 Å². The Bertz CT molecular complexity index is 671. The molecule has 1 aliphatic rings. The number of nitrogens with two attached hydrogens (primary N) is 1. The van der Waals surface area contributed by atoms with Crippen molar-refractivity contribution in [1.82, 2.24) is 0 Å². The summed E-state index contributed by atoms with van der Waals surface area (Å²) in [4.78, 5) is 10.3. The smallest absolute Gasteiger partial charge is 0.0651 e. The maximum absolute atomic E-state index is 6.19. The van der Waals surface area contributed by atoms with Gasteiger partial charge in [0.25, 0.3) is 0 Å². The lowest BCUT2D eigenvalue weighted by molar-refractivity contribution is 0.387. The average molecular weight is 375 g/mol. The van der Waals surface area contributed by atoms with Crippen LogP contribution in [0.4, 0.5) is 0 Å². The molecule has 1 aliphatic carbocycles. The van der Waals surface area contributed by atoms with Gasteiger partial charge in [-0.3, -0.25) is 4.99 Å². The van der Waals surface area contributed by atoms with Gasteiger partial charge in [0.15, 0.2) is 0 Å². The maximum Gasteiger partial charge on any atom is 0.0651 e. The molecule has 2 atom stereocenters. The Morgan fingerprint density at radius 1 is 1.04 bits per heavy atom. The summed E-state index contributed by atoms with van der Waals surface area (Å²) in [5.74, 6) is 0. The lowest BCUT2D eigenvalue weighted by atomic mass is 9.91. The molecular formula is C21H30N2S2. The molecular weight excluding hydrogens is 344 g/mol. The van der Waals surface area contributed by atoms with Crippen LogP contribution in [0.2, 0.25) is 0 Å². The predicted molar refractivity (Wildman–Crippen MR) is 113 cm³/mol. The monoisotopic (exact) mass is 374 g/mol. The summed E-state index contributed by atoms with van der Waals surface area (Å²) in [6.45, 7) is 2.27. The van der Waals surface area contributed by atoms with E-state index < -0.39 is 0 Å². The Kier molecular flexibility index (Phi) is 7.26. The molecule has 2 aromatic rings. The van der Waals surface area contributed by atoms with Crippen LogP contribution in [0.1, 0.15) is 68.0 Å². The lowest BCUT2D eigenvalue weighted by Gasteiger charge is -2.24. The van der Waals surface area contributed by atoms with Crippen LogP contribution in [0.15, 0.2) is 29.3 Å². The van der Waals surface area contributed by atoms with Gasteiger partial charge < -0.3 is 5.73 Å². The van der Waals surface area contributed by atoms with Crippen LogP contribution < -0.4 is 5.73 Å². The van der Waals surface area contributed by atoms with Gasteiger partial charge in [0.05, 0.1) is 6.04 Å². The molecule has 0 saturated heterocycles. The molecule has 25 heavy (non-hydrogen) atoms. The van der Waals surface area contributed by atoms with Crippen molar-refractivity contribution < 1.29 is 0 Å². The van der Waals surface area contributed by atoms with Crippen molar-refractivity contribution in [2.24, 2.45) is 10.7 Å². The topological polar surface area (TPSA) is 38.4 Å². The van der Waals surface area contributed by atoms with Crippen LogP contribution in [0, 0.1) is 0 Å². The number of hydrogen-bond donors (Lipinski definition) is 1. The van der Waals surface area contributed by atoms with Crippen molar-refractivity contribution in [1.29, 1.82) is 0 Å². The molecule has 2 heterocycles. The molecule has 0 amide bonds. The van der Waals surface area contributed by atoms with Crippen molar-refractivity contribution >= 4 is 28.9 Å². The van der Waals surface area contributed by atoms with Gasteiger partial charge in [-0.25, -0.2) is 0 Å². The SMILES string of the molecule is CCCCCCc1ccc(-c2ccc(C=N[C@@H]3CCCC[C@H]3N)s2)s1. The highest BCUT2D eigenvalue weighted by Crippen LogP contribution is 2.34. The van der Waals surface area contributed by atoms with Crippen molar-refractivity contribution in [3.05, 3.63) is 34.0 Å². The van der Waals surface area contributed by atoms with E-state index >= 15 is 0 Å². The Morgan fingerprint density at radius 3 is 2.68 bits per heavy atom. The molecule has 3 rings (SSSR count). The minimum Gasteiger partial charge on any atom is -0.326 e. The lowest BCUT2D eigenvalue weighted by Crippen LogP contribution is -2.36. The summed E-state index contributed by atoms with van der Waals surface area (Å²) >= 11 is 3.79. The normalized spacial score (nSPS) is 21.2. The first kappa shape index (κ1) is 18.8. The summed E-state index contributed by atoms with van der Waals surface area (Å²) in [6.07, 6.45) is 13.4. The molecule has 2 aromatic heterocycles. The number of nitrogens with zero attached hydrogens (tertiary/aromatic N) is 1. The third kappa shape index (κ3) is 5.50. The predicted octanol–water partition coefficient (Wildman–Crippen LogP) is 6.29. The molecule has 0 spiro atoms. The summed E-state index contributed by atoms with van der Waals surface area (Å²) in [5.41, 5.74) is 6.19. The van der Waals surface area contributed by atoms with Crippen molar-refractivity contribution in [3.8, 4) is 9.75 Å². The number of aryl methyl sites for hydroxylation is 1. The standard InChI is InChI=1S/C21H30N2S2/c1-2-3-4-5-8-16-11-13-20(24-16)21-14-12-17(25-21)15-23-19-10-7-6-9-18(19)22/h11-15,18-19H,2-10,22H2,1H3/t18-,19-/m1/s1. The number of unbranched alkanes of at least 4 members (excludes halogenated alkanes) is 3. The fourth-order valence-corrected chi connectivity index (χ4v) is 5.45. The molecule has 2 N–H and O–H groups in total. The molecule has 0 radical (unpaired) electrons. The summed E-state index contributed by atoms with van der Waals surface area (Å²) < 4.78 is 0. The van der Waals surface area contributed by atoms with Crippen LogP contribution >= 0.6 is 22.7 Å². The zero-order valence-electron chi connectivity index (χ0n) is 15.2. The van der Waals surface area contributed by atoms with E-state index in [-0.39, 0.29) is 6.04 Å². The molecule has 136 valence electrons. The Labute approximate surface area is 160 Å². The van der Waals surface area contributed by atoms with Gasteiger partial charge in [-0.2, -0.15) is 0 Å². The number of thiophene rings is 2. The van der Waals surface area contributed by atoms with Gasteiger partial charge in [-0.1, -0.05) is 39.0 Å². The third-order valence-electron chi connectivity index (χ3n) is 4.98. The number of rotatable bonds is 8. The van der Waals surface area contributed by atoms with Crippen LogP contribution in [0.25, 0.3) is 9.75 Å². The fraction of sp³-hybridized carbons (Fsp3) is 0.571. The second kappa shape index (κ2) is 9.65. The molecule has 0 aromatic carbocycles. The molecule has 0 bridgehead atoms. The highest BCUT2D eigenvalue weighted by Gasteiger charge is 2.20. The number of hydrogen-bond acceptors (Lipinski definition) is 4. The second-order valence-electron chi connectivity index (χ2n) is 7.07. The Morgan fingerprint density at radius 2 is 1.84 bits per heavy atom. The summed E-state index contributed by atoms with van der Waals surface area (Å²) in [5, 5.41) is 0. The molecule has 1 fully saturated rings. The zero-order valence-corrected chi connectivity index (χ0v) is 16.9. The van der Waals surface area contributed by atoms with E-state index in [1.54, 1.807) is 0 Å². The molecule has 4 heteroatoms. The van der Waals surface area contributed by atoms with Gasteiger partial charge >= 0.3 is 0 Å². The minimum absolute atomic E-state index is 0.247. The summed E-state index contributed by atoms with van der Waals surface area (Å²) in [6, 6.07) is 9.58. The van der Waals surface area contributed by atoms with E-state index in [0.29, 0.717) is 6.04 Å². The van der Waals surface area contributed by atoms with Crippen LogP contribution in [0.5, 0.6) is 0 Å². The van der Waals surface area contributed by atoms with E-state index in [1.165, 1.54) is 64.5 Å². The Balaban J connectivity index is 1.57. The molecule has 0 aliphatic heterocycles. The highest BCUT2D eigenvalue weighted by molar-refractivity contribution is 7.22. The van der Waals surface area contributed by atoms with Crippen molar-refractivity contribution in [2.75, 3.05) is 0 Å². The average Bonchev–Trinajstić information content (AvgIpc) is 3.27. The number of aliphatic imine (C=N–C) groups is 1. The van der Waals surface area contributed by atoms with Crippen molar-refractivity contribution in [3.63, 3.8) is 0 Å². The van der Waals surface area contributed by atoms with Crippen LogP contribution in [-0.4, -0.2) is 18.3 Å². The molecule has 0 unspecified atom stereocenters. The van der Waals surface area contributed by atoms with Gasteiger partial charge in [0.2, 0.25) is 0 Å². The zero-order chi connectivity index (χ0) is 17.5. The van der Waals surface area contributed by atoms with Crippen LogP contribution in [0.3, 0.4) is 0 Å². The quantitative estimate of drug-likeness (QED) is 0.428. The van der Waals surface area contributed by atoms with E-state index in [0.717, 1.165) is 12.8 Å². The Hall–Kier alpha value is -0.970. The van der Waals surface area contributed by atoms with Gasteiger partial charge in [0, 0.05) is 31.8 Å². The minimum atomic E-state index is 0.247. The third-order valence-corrected chi connectivity index (χ3v) is 7.34.